The lowest BCUT2D eigenvalue weighted by molar-refractivity contribution is 0.0740. The Bertz CT molecular complexity index is 1880. The largest absolute Gasteiger partial charge is 0.489 e. The maximum Gasteiger partial charge on any atom is 0.355 e. The molecule has 0 saturated heterocycles. The number of ether oxygens (including phenoxy) is 3. The number of nitriles is 1. The number of nitrogens with two attached hydrogens (primary N) is 1. The van der Waals surface area contributed by atoms with Crippen molar-refractivity contribution in [3.63, 3.8) is 0 Å². The van der Waals surface area contributed by atoms with E-state index < -0.39 is 11.9 Å². The standard InChI is InChI=1S/C32H20Cl2N2O4S/c33-20-10-8-18(9-11-20)17-38-21-5-3-4-19(14-21)28-23-13-12-22(15-26(23)40-31(36)25(28)16-35)39-32(37)30-29(34)24-6-1-2-7-27(24)41-30/h1-15,28H,17,36H2. The Morgan fingerprint density at radius 3 is 2.56 bits per heavy atom. The normalized spacial score (nSPS) is 14.2. The van der Waals surface area contributed by atoms with Crippen molar-refractivity contribution in [2.75, 3.05) is 0 Å². The van der Waals surface area contributed by atoms with Crippen LogP contribution in [-0.2, 0) is 6.61 Å². The first kappa shape index (κ1) is 26.7. The van der Waals surface area contributed by atoms with Gasteiger partial charge in [0.15, 0.2) is 0 Å². The molecule has 1 atom stereocenters. The van der Waals surface area contributed by atoms with Crippen LogP contribution < -0.4 is 19.9 Å². The second kappa shape index (κ2) is 11.2. The van der Waals surface area contributed by atoms with Gasteiger partial charge in [-0.3, -0.25) is 0 Å². The second-order valence-electron chi connectivity index (χ2n) is 9.24. The highest BCUT2D eigenvalue weighted by molar-refractivity contribution is 7.21. The van der Waals surface area contributed by atoms with Crippen LogP contribution in [0.25, 0.3) is 10.1 Å². The van der Waals surface area contributed by atoms with E-state index in [1.165, 1.54) is 11.3 Å². The zero-order chi connectivity index (χ0) is 28.5. The zero-order valence-corrected chi connectivity index (χ0v) is 23.6. The Morgan fingerprint density at radius 2 is 1.78 bits per heavy atom. The molecule has 2 N–H and O–H groups in total. The fraction of sp³-hybridized carbons (Fsp3) is 0.0625. The SMILES string of the molecule is N#CC1=C(N)Oc2cc(OC(=O)c3sc4ccccc4c3Cl)ccc2C1c1cccc(OCc2ccc(Cl)cc2)c1. The Kier molecular flexibility index (Phi) is 7.29. The number of nitrogens with zero attached hydrogens (tertiary/aromatic N) is 1. The predicted molar refractivity (Wildman–Crippen MR) is 160 cm³/mol. The van der Waals surface area contributed by atoms with E-state index in [9.17, 15) is 10.1 Å². The molecule has 1 aliphatic heterocycles. The summed E-state index contributed by atoms with van der Waals surface area (Å²) in [5, 5.41) is 11.8. The van der Waals surface area contributed by atoms with E-state index in [4.69, 9.17) is 43.1 Å². The lowest BCUT2D eigenvalue weighted by Crippen LogP contribution is -2.21. The summed E-state index contributed by atoms with van der Waals surface area (Å²) in [7, 11) is 0. The van der Waals surface area contributed by atoms with Gasteiger partial charge in [-0.15, -0.1) is 11.3 Å². The molecule has 6 nitrogen and oxygen atoms in total. The zero-order valence-electron chi connectivity index (χ0n) is 21.3. The second-order valence-corrected chi connectivity index (χ2v) is 11.1. The molecule has 1 aromatic heterocycles. The van der Waals surface area contributed by atoms with Crippen LogP contribution in [0.15, 0.2) is 102 Å². The van der Waals surface area contributed by atoms with Crippen molar-refractivity contribution >= 4 is 50.6 Å². The van der Waals surface area contributed by atoms with Crippen LogP contribution >= 0.6 is 34.5 Å². The number of fused-ring (bicyclic) bond motifs is 2. The molecule has 0 spiro atoms. The first-order valence-corrected chi connectivity index (χ1v) is 14.1. The van der Waals surface area contributed by atoms with Crippen molar-refractivity contribution in [2.24, 2.45) is 5.73 Å². The lowest BCUT2D eigenvalue weighted by Gasteiger charge is -2.27. The molecule has 41 heavy (non-hydrogen) atoms. The van der Waals surface area contributed by atoms with E-state index in [0.717, 1.165) is 21.2 Å². The number of thiophene rings is 1. The highest BCUT2D eigenvalue weighted by Crippen LogP contribution is 2.44. The van der Waals surface area contributed by atoms with Crippen LogP contribution in [0.3, 0.4) is 0 Å². The van der Waals surface area contributed by atoms with Crippen molar-refractivity contribution in [3.05, 3.63) is 134 Å². The van der Waals surface area contributed by atoms with Crippen LogP contribution in [0.1, 0.15) is 32.3 Å². The summed E-state index contributed by atoms with van der Waals surface area (Å²) in [5.41, 5.74) is 8.93. The van der Waals surface area contributed by atoms with Gasteiger partial charge in [0.1, 0.15) is 40.4 Å². The molecule has 0 bridgehead atoms. The van der Waals surface area contributed by atoms with Crippen LogP contribution in [0.4, 0.5) is 0 Å². The van der Waals surface area contributed by atoms with E-state index in [1.54, 1.807) is 18.2 Å². The first-order valence-electron chi connectivity index (χ1n) is 12.5. The number of carbonyl (C=O) groups excluding carboxylic acids is 1. The molecule has 0 amide bonds. The average molecular weight is 599 g/mol. The predicted octanol–water partition coefficient (Wildman–Crippen LogP) is 8.22. The van der Waals surface area contributed by atoms with Gasteiger partial charge in [-0.2, -0.15) is 5.26 Å². The van der Waals surface area contributed by atoms with Gasteiger partial charge < -0.3 is 19.9 Å². The van der Waals surface area contributed by atoms with Gasteiger partial charge in [0.25, 0.3) is 0 Å². The minimum Gasteiger partial charge on any atom is -0.489 e. The number of halogens is 2. The molecule has 0 aliphatic carbocycles. The fourth-order valence-electron chi connectivity index (χ4n) is 4.67. The molecular weight excluding hydrogens is 579 g/mol. The number of carbonyl (C=O) groups is 1. The van der Waals surface area contributed by atoms with E-state index in [0.29, 0.717) is 38.6 Å². The minimum absolute atomic E-state index is 0.0199. The molecule has 1 aliphatic rings. The average Bonchev–Trinajstić information content (AvgIpc) is 3.32. The van der Waals surface area contributed by atoms with E-state index >= 15 is 0 Å². The number of allylic oxidation sites excluding steroid dienone is 1. The maximum absolute atomic E-state index is 13.0. The molecule has 0 fully saturated rings. The third kappa shape index (κ3) is 5.33. The first-order chi connectivity index (χ1) is 19.9. The van der Waals surface area contributed by atoms with Crippen molar-refractivity contribution in [3.8, 4) is 23.3 Å². The molecule has 0 radical (unpaired) electrons. The number of benzene rings is 4. The maximum atomic E-state index is 13.0. The fourth-order valence-corrected chi connectivity index (χ4v) is 6.18. The topological polar surface area (TPSA) is 94.6 Å². The van der Waals surface area contributed by atoms with Gasteiger partial charge in [-0.1, -0.05) is 71.7 Å². The third-order valence-electron chi connectivity index (χ3n) is 6.63. The molecule has 1 unspecified atom stereocenters. The summed E-state index contributed by atoms with van der Waals surface area (Å²) in [6.45, 7) is 0.354. The molecule has 4 aromatic carbocycles. The Hall–Kier alpha value is -4.48. The van der Waals surface area contributed by atoms with Gasteiger partial charge in [-0.25, -0.2) is 4.79 Å². The molecule has 5 aromatic rings. The van der Waals surface area contributed by atoms with Crippen molar-refractivity contribution in [2.45, 2.75) is 12.5 Å². The third-order valence-corrected chi connectivity index (χ3v) is 8.54. The van der Waals surface area contributed by atoms with Gasteiger partial charge in [0.05, 0.1) is 10.9 Å². The number of hydrogen-bond acceptors (Lipinski definition) is 7. The van der Waals surface area contributed by atoms with Crippen LogP contribution in [0.5, 0.6) is 17.2 Å². The highest BCUT2D eigenvalue weighted by Gasteiger charge is 2.31. The van der Waals surface area contributed by atoms with Gasteiger partial charge in [0.2, 0.25) is 5.88 Å². The van der Waals surface area contributed by atoms with Crippen molar-refractivity contribution in [1.82, 2.24) is 0 Å². The molecular formula is C32H20Cl2N2O4S. The highest BCUT2D eigenvalue weighted by atomic mass is 35.5. The summed E-state index contributed by atoms with van der Waals surface area (Å²) in [4.78, 5) is 13.3. The molecule has 2 heterocycles. The van der Waals surface area contributed by atoms with Crippen LogP contribution in [0, 0.1) is 11.3 Å². The number of hydrogen-bond donors (Lipinski definition) is 1. The Morgan fingerprint density at radius 1 is 0.976 bits per heavy atom. The van der Waals surface area contributed by atoms with E-state index in [1.807, 2.05) is 72.8 Å². The van der Waals surface area contributed by atoms with E-state index in [2.05, 4.69) is 6.07 Å². The summed E-state index contributed by atoms with van der Waals surface area (Å²) in [5.74, 6) is 0.168. The minimum atomic E-state index is -0.574. The Labute approximate surface area is 249 Å². The van der Waals surface area contributed by atoms with Gasteiger partial charge in [-0.05, 0) is 47.5 Å². The summed E-state index contributed by atoms with van der Waals surface area (Å²) >= 11 is 13.7. The molecule has 9 heteroatoms. The summed E-state index contributed by atoms with van der Waals surface area (Å²) < 4.78 is 18.4. The monoisotopic (exact) mass is 598 g/mol. The van der Waals surface area contributed by atoms with Crippen molar-refractivity contribution < 1.29 is 19.0 Å². The van der Waals surface area contributed by atoms with Gasteiger partial charge >= 0.3 is 5.97 Å². The molecule has 6 rings (SSSR count). The Balaban J connectivity index is 1.27. The van der Waals surface area contributed by atoms with Crippen molar-refractivity contribution in [1.29, 1.82) is 5.26 Å². The molecule has 0 saturated carbocycles. The lowest BCUT2D eigenvalue weighted by atomic mass is 9.83. The van der Waals surface area contributed by atoms with Gasteiger partial charge in [0, 0.05) is 26.7 Å². The number of esters is 1. The van der Waals surface area contributed by atoms with Crippen LogP contribution in [-0.4, -0.2) is 5.97 Å². The summed E-state index contributed by atoms with van der Waals surface area (Å²) in [6, 6.07) is 29.6. The molecule has 202 valence electrons. The van der Waals surface area contributed by atoms with Crippen LogP contribution in [0.2, 0.25) is 10.0 Å². The smallest absolute Gasteiger partial charge is 0.355 e. The van der Waals surface area contributed by atoms with E-state index in [-0.39, 0.29) is 17.2 Å². The number of rotatable bonds is 6. The summed E-state index contributed by atoms with van der Waals surface area (Å²) in [6.07, 6.45) is 0. The quantitative estimate of drug-likeness (QED) is 0.156.